The highest BCUT2D eigenvalue weighted by Crippen LogP contribution is 2.25. The van der Waals surface area contributed by atoms with Crippen LogP contribution in [0.1, 0.15) is 101 Å². The molecule has 1 unspecified atom stereocenters. The minimum absolute atomic E-state index is 0.00424. The monoisotopic (exact) mass is 660 g/mol. The van der Waals surface area contributed by atoms with Gasteiger partial charge in [-0.15, -0.1) is 0 Å². The number of amides is 2. The first kappa shape index (κ1) is 35.8. The molecule has 7 heteroatoms. The number of carbonyl (C=O) groups excluding carboxylic acids is 2. The number of unbranched alkanes of at least 4 members (excludes halogenated alkanes) is 4. The van der Waals surface area contributed by atoms with Gasteiger partial charge in [-0.25, -0.2) is 9.97 Å². The van der Waals surface area contributed by atoms with Gasteiger partial charge in [0.05, 0.1) is 6.61 Å². The van der Waals surface area contributed by atoms with E-state index in [1.165, 1.54) is 25.7 Å². The highest BCUT2D eigenvalue weighted by Gasteiger charge is 2.28. The molecule has 1 saturated heterocycles. The molecule has 0 aliphatic carbocycles. The lowest BCUT2D eigenvalue weighted by atomic mass is 9.86. The molecule has 4 aromatic rings. The number of benzene rings is 3. The van der Waals surface area contributed by atoms with Gasteiger partial charge in [-0.3, -0.25) is 9.59 Å². The Hall–Kier alpha value is -4.52. The Kier molecular flexibility index (Phi) is 12.6. The number of piperidine rings is 1. The summed E-state index contributed by atoms with van der Waals surface area (Å²) in [7, 11) is 0. The molecule has 49 heavy (non-hydrogen) atoms. The van der Waals surface area contributed by atoms with Gasteiger partial charge in [-0.2, -0.15) is 0 Å². The molecular weight excluding hydrogens is 608 g/mol. The second-order valence-corrected chi connectivity index (χ2v) is 14.2. The lowest BCUT2D eigenvalue weighted by Gasteiger charge is -2.31. The number of likely N-dealkylation sites (tertiary alicyclic amines) is 1. The highest BCUT2D eigenvalue weighted by molar-refractivity contribution is 5.97. The molecule has 1 fully saturated rings. The number of hydrogen-bond donors (Lipinski definition) is 1. The molecule has 7 nitrogen and oxygen atoms in total. The van der Waals surface area contributed by atoms with Crippen LogP contribution >= 0.6 is 0 Å². The van der Waals surface area contributed by atoms with Crippen LogP contribution in [0.2, 0.25) is 0 Å². The van der Waals surface area contributed by atoms with Crippen molar-refractivity contribution in [3.8, 4) is 28.3 Å². The maximum atomic E-state index is 13.7. The average molecular weight is 661 g/mol. The first-order chi connectivity index (χ1) is 23.7. The molecule has 0 spiro atoms. The van der Waals surface area contributed by atoms with Gasteiger partial charge in [-0.05, 0) is 72.1 Å². The summed E-state index contributed by atoms with van der Waals surface area (Å²) in [5, 5.41) is 3.06. The first-order valence-electron chi connectivity index (χ1n) is 18.1. The summed E-state index contributed by atoms with van der Waals surface area (Å²) in [6.07, 6.45) is 13.3. The van der Waals surface area contributed by atoms with E-state index in [1.54, 1.807) is 0 Å². The third-order valence-electron chi connectivity index (χ3n) is 9.29. The van der Waals surface area contributed by atoms with Crippen LogP contribution in [0.4, 0.5) is 0 Å². The standard InChI is InChI=1S/C42H52N4O3/c1-5-6-7-8-12-27-49-37-23-19-32(20-24-37)35-29-43-39(44-30-35)33-15-13-31(14-16-33)28-38(41(48)46-25-10-9-11-26-46)45-40(47)34-17-21-36(22-18-34)42(2,3)4/h13-24,29-30,38H,5-12,25-28H2,1-4H3,(H,45,47). The highest BCUT2D eigenvalue weighted by atomic mass is 16.5. The van der Waals surface area contributed by atoms with E-state index >= 15 is 0 Å². The van der Waals surface area contributed by atoms with Crippen molar-refractivity contribution in [1.29, 1.82) is 0 Å². The number of carbonyl (C=O) groups is 2. The Balaban J connectivity index is 1.21. The van der Waals surface area contributed by atoms with Crippen LogP contribution in [-0.4, -0.2) is 52.4 Å². The second kappa shape index (κ2) is 17.2. The van der Waals surface area contributed by atoms with E-state index in [2.05, 4.69) is 43.0 Å². The third-order valence-corrected chi connectivity index (χ3v) is 9.29. The minimum atomic E-state index is -0.656. The van der Waals surface area contributed by atoms with Crippen molar-refractivity contribution in [2.45, 2.75) is 96.9 Å². The molecule has 1 aromatic heterocycles. The molecular formula is C42H52N4O3. The Bertz CT molecular complexity index is 1620. The maximum Gasteiger partial charge on any atom is 0.251 e. The lowest BCUT2D eigenvalue weighted by Crippen LogP contribution is -2.51. The summed E-state index contributed by atoms with van der Waals surface area (Å²) in [4.78, 5) is 38.2. The molecule has 0 saturated carbocycles. The van der Waals surface area contributed by atoms with E-state index in [4.69, 9.17) is 4.74 Å². The maximum absolute atomic E-state index is 13.7. The predicted octanol–water partition coefficient (Wildman–Crippen LogP) is 8.81. The predicted molar refractivity (Wildman–Crippen MR) is 198 cm³/mol. The van der Waals surface area contributed by atoms with E-state index in [0.717, 1.165) is 78.9 Å². The van der Waals surface area contributed by atoms with Crippen molar-refractivity contribution in [3.05, 3.63) is 102 Å². The fourth-order valence-corrected chi connectivity index (χ4v) is 6.19. The minimum Gasteiger partial charge on any atom is -0.494 e. The third kappa shape index (κ3) is 10.2. The van der Waals surface area contributed by atoms with Crippen molar-refractivity contribution in [3.63, 3.8) is 0 Å². The van der Waals surface area contributed by atoms with Crippen LogP contribution in [0.3, 0.4) is 0 Å². The van der Waals surface area contributed by atoms with E-state index in [9.17, 15) is 9.59 Å². The van der Waals surface area contributed by atoms with Crippen LogP contribution in [0, 0.1) is 0 Å². The van der Waals surface area contributed by atoms with Crippen LogP contribution in [-0.2, 0) is 16.6 Å². The zero-order valence-electron chi connectivity index (χ0n) is 29.7. The molecule has 1 aliphatic rings. The Morgan fingerprint density at radius 2 is 1.41 bits per heavy atom. The quantitative estimate of drug-likeness (QED) is 0.137. The molecule has 258 valence electrons. The zero-order chi connectivity index (χ0) is 34.6. The van der Waals surface area contributed by atoms with Crippen LogP contribution in [0.15, 0.2) is 85.2 Å². The number of nitrogens with one attached hydrogen (secondary N) is 1. The molecule has 1 atom stereocenters. The second-order valence-electron chi connectivity index (χ2n) is 14.2. The van der Waals surface area contributed by atoms with Crippen LogP contribution in [0.25, 0.3) is 22.5 Å². The summed E-state index contributed by atoms with van der Waals surface area (Å²) < 4.78 is 5.91. The number of ether oxygens (including phenoxy) is 1. The molecule has 3 aromatic carbocycles. The van der Waals surface area contributed by atoms with Crippen molar-refractivity contribution in [2.75, 3.05) is 19.7 Å². The van der Waals surface area contributed by atoms with Crippen molar-refractivity contribution < 1.29 is 14.3 Å². The number of hydrogen-bond acceptors (Lipinski definition) is 5. The SMILES string of the molecule is CCCCCCCOc1ccc(-c2cnc(-c3ccc(CC(NC(=O)c4ccc(C(C)(C)C)cc4)C(=O)N4CCCCC4)cc3)nc2)cc1. The van der Waals surface area contributed by atoms with Gasteiger partial charge in [0.2, 0.25) is 5.91 Å². The largest absolute Gasteiger partial charge is 0.494 e. The van der Waals surface area contributed by atoms with Gasteiger partial charge in [0.25, 0.3) is 5.91 Å². The number of rotatable bonds is 14. The molecule has 0 radical (unpaired) electrons. The summed E-state index contributed by atoms with van der Waals surface area (Å²) in [5.41, 5.74) is 5.53. The lowest BCUT2D eigenvalue weighted by molar-refractivity contribution is -0.134. The Morgan fingerprint density at radius 1 is 0.776 bits per heavy atom. The smallest absolute Gasteiger partial charge is 0.251 e. The fourth-order valence-electron chi connectivity index (χ4n) is 6.19. The van der Waals surface area contributed by atoms with E-state index < -0.39 is 6.04 Å². The summed E-state index contributed by atoms with van der Waals surface area (Å²) >= 11 is 0. The fraction of sp³-hybridized carbons (Fsp3) is 0.429. The van der Waals surface area contributed by atoms with Gasteiger partial charge < -0.3 is 15.0 Å². The van der Waals surface area contributed by atoms with Gasteiger partial charge >= 0.3 is 0 Å². The van der Waals surface area contributed by atoms with Crippen molar-refractivity contribution >= 4 is 11.8 Å². The Morgan fingerprint density at radius 3 is 2.04 bits per heavy atom. The van der Waals surface area contributed by atoms with E-state index in [0.29, 0.717) is 17.8 Å². The van der Waals surface area contributed by atoms with E-state index in [-0.39, 0.29) is 17.2 Å². The summed E-state index contributed by atoms with van der Waals surface area (Å²) in [6.45, 7) is 10.9. The van der Waals surface area contributed by atoms with E-state index in [1.807, 2.05) is 90.1 Å². The number of nitrogens with zero attached hydrogens (tertiary/aromatic N) is 3. The molecule has 1 N–H and O–H groups in total. The van der Waals surface area contributed by atoms with Gasteiger partial charge in [0.15, 0.2) is 5.82 Å². The number of aromatic nitrogens is 2. The molecule has 2 amide bonds. The van der Waals surface area contributed by atoms with Gasteiger partial charge in [0, 0.05) is 48.6 Å². The first-order valence-corrected chi connectivity index (χ1v) is 18.1. The zero-order valence-corrected chi connectivity index (χ0v) is 29.7. The van der Waals surface area contributed by atoms with Crippen molar-refractivity contribution in [1.82, 2.24) is 20.2 Å². The average Bonchev–Trinajstić information content (AvgIpc) is 3.13. The van der Waals surface area contributed by atoms with Gasteiger partial charge in [-0.1, -0.05) is 102 Å². The van der Waals surface area contributed by atoms with Crippen LogP contribution < -0.4 is 10.1 Å². The molecule has 5 rings (SSSR count). The van der Waals surface area contributed by atoms with Crippen LogP contribution in [0.5, 0.6) is 5.75 Å². The Labute approximate surface area is 292 Å². The molecule has 0 bridgehead atoms. The summed E-state index contributed by atoms with van der Waals surface area (Å²) in [6, 6.07) is 23.1. The molecule has 1 aliphatic heterocycles. The normalized spacial score (nSPS) is 13.9. The molecule has 2 heterocycles. The van der Waals surface area contributed by atoms with Crippen molar-refractivity contribution in [2.24, 2.45) is 0 Å². The summed E-state index contributed by atoms with van der Waals surface area (Å²) in [5.74, 6) is 1.25. The van der Waals surface area contributed by atoms with Gasteiger partial charge in [0.1, 0.15) is 11.8 Å². The topological polar surface area (TPSA) is 84.4 Å².